The van der Waals surface area contributed by atoms with Crippen LogP contribution in [0.1, 0.15) is 32.2 Å². The van der Waals surface area contributed by atoms with Crippen LogP contribution in [0.4, 0.5) is 0 Å². The lowest BCUT2D eigenvalue weighted by molar-refractivity contribution is 0.144. The Bertz CT molecular complexity index is 576. The van der Waals surface area contributed by atoms with Crippen LogP contribution < -0.4 is 5.32 Å². The molecule has 4 heteroatoms. The number of hydrogen-bond donors (Lipinski definition) is 1. The van der Waals surface area contributed by atoms with E-state index in [0.29, 0.717) is 0 Å². The summed E-state index contributed by atoms with van der Waals surface area (Å²) in [4.78, 5) is 4.80. The van der Waals surface area contributed by atoms with E-state index >= 15 is 0 Å². The number of thiazole rings is 1. The zero-order valence-electron chi connectivity index (χ0n) is 13.1. The maximum atomic E-state index is 5.71. The highest BCUT2D eigenvalue weighted by molar-refractivity contribution is 7.18. The molecule has 21 heavy (non-hydrogen) atoms. The Labute approximate surface area is 130 Å². The summed E-state index contributed by atoms with van der Waals surface area (Å²) < 4.78 is 6.99. The second-order valence-electron chi connectivity index (χ2n) is 7.16. The molecule has 1 aliphatic rings. The lowest BCUT2D eigenvalue weighted by atomic mass is 9.83. The summed E-state index contributed by atoms with van der Waals surface area (Å²) in [5.41, 5.74) is 1.46. The SMILES string of the molecule is CC(C)(C)NCC1(Cc2nc3ccccc3s2)CCOC1. The van der Waals surface area contributed by atoms with E-state index in [1.165, 1.54) is 9.71 Å². The Balaban J connectivity index is 1.78. The van der Waals surface area contributed by atoms with Gasteiger partial charge < -0.3 is 10.1 Å². The van der Waals surface area contributed by atoms with Gasteiger partial charge in [0.25, 0.3) is 0 Å². The van der Waals surface area contributed by atoms with Crippen molar-refractivity contribution in [3.8, 4) is 0 Å². The fourth-order valence-corrected chi connectivity index (χ4v) is 3.90. The Hall–Kier alpha value is -0.970. The van der Waals surface area contributed by atoms with Gasteiger partial charge in [-0.15, -0.1) is 11.3 Å². The van der Waals surface area contributed by atoms with E-state index in [1.807, 2.05) is 11.3 Å². The van der Waals surface area contributed by atoms with Crippen LogP contribution in [0.2, 0.25) is 0 Å². The summed E-state index contributed by atoms with van der Waals surface area (Å²) in [5.74, 6) is 0. The molecular weight excluding hydrogens is 280 g/mol. The van der Waals surface area contributed by atoms with Crippen LogP contribution in [0.3, 0.4) is 0 Å². The number of nitrogens with zero attached hydrogens (tertiary/aromatic N) is 1. The Morgan fingerprint density at radius 2 is 2.14 bits per heavy atom. The van der Waals surface area contributed by atoms with E-state index in [4.69, 9.17) is 9.72 Å². The molecule has 1 atom stereocenters. The van der Waals surface area contributed by atoms with Gasteiger partial charge in [-0.05, 0) is 39.3 Å². The lowest BCUT2D eigenvalue weighted by Gasteiger charge is -2.31. The van der Waals surface area contributed by atoms with E-state index in [2.05, 4.69) is 50.4 Å². The minimum absolute atomic E-state index is 0.142. The van der Waals surface area contributed by atoms with Crippen molar-refractivity contribution in [3.63, 3.8) is 0 Å². The van der Waals surface area contributed by atoms with Gasteiger partial charge in [-0.1, -0.05) is 12.1 Å². The van der Waals surface area contributed by atoms with Crippen molar-refractivity contribution in [1.82, 2.24) is 10.3 Å². The Kier molecular flexibility index (Phi) is 4.04. The van der Waals surface area contributed by atoms with Crippen LogP contribution in [-0.2, 0) is 11.2 Å². The van der Waals surface area contributed by atoms with Crippen molar-refractivity contribution in [1.29, 1.82) is 0 Å². The third-order valence-corrected chi connectivity index (χ3v) is 5.08. The number of nitrogens with one attached hydrogen (secondary N) is 1. The highest BCUT2D eigenvalue weighted by Gasteiger charge is 2.36. The van der Waals surface area contributed by atoms with Gasteiger partial charge in [-0.3, -0.25) is 0 Å². The van der Waals surface area contributed by atoms with Crippen molar-refractivity contribution < 1.29 is 4.74 Å². The normalized spacial score (nSPS) is 23.0. The zero-order chi connectivity index (χ0) is 14.9. The molecule has 0 spiro atoms. The molecule has 3 rings (SSSR count). The highest BCUT2D eigenvalue weighted by Crippen LogP contribution is 2.35. The van der Waals surface area contributed by atoms with E-state index < -0.39 is 0 Å². The number of para-hydroxylation sites is 1. The molecule has 1 aromatic carbocycles. The monoisotopic (exact) mass is 304 g/mol. The lowest BCUT2D eigenvalue weighted by Crippen LogP contribution is -2.45. The number of rotatable bonds is 4. The van der Waals surface area contributed by atoms with Gasteiger partial charge >= 0.3 is 0 Å². The summed E-state index contributed by atoms with van der Waals surface area (Å²) in [7, 11) is 0. The van der Waals surface area contributed by atoms with Gasteiger partial charge in [-0.2, -0.15) is 0 Å². The standard InChI is InChI=1S/C17H24N2OS/c1-16(2,3)18-11-17(8-9-20-12-17)10-15-19-13-6-4-5-7-14(13)21-15/h4-7,18H,8-12H2,1-3H3. The molecule has 0 aliphatic carbocycles. The highest BCUT2D eigenvalue weighted by atomic mass is 32.1. The molecule has 2 aromatic rings. The zero-order valence-corrected chi connectivity index (χ0v) is 13.9. The van der Waals surface area contributed by atoms with Crippen LogP contribution in [0, 0.1) is 5.41 Å². The minimum atomic E-state index is 0.142. The van der Waals surface area contributed by atoms with Gasteiger partial charge in [0.1, 0.15) is 0 Å². The molecule has 0 bridgehead atoms. The predicted molar refractivity (Wildman–Crippen MR) is 88.9 cm³/mol. The van der Waals surface area contributed by atoms with E-state index in [-0.39, 0.29) is 11.0 Å². The number of aromatic nitrogens is 1. The van der Waals surface area contributed by atoms with Crippen LogP contribution in [0.5, 0.6) is 0 Å². The second kappa shape index (κ2) is 5.67. The largest absolute Gasteiger partial charge is 0.381 e. The fraction of sp³-hybridized carbons (Fsp3) is 0.588. The quantitative estimate of drug-likeness (QED) is 0.936. The van der Waals surface area contributed by atoms with Crippen LogP contribution in [-0.4, -0.2) is 30.3 Å². The van der Waals surface area contributed by atoms with Crippen molar-refractivity contribution in [2.24, 2.45) is 5.41 Å². The van der Waals surface area contributed by atoms with Gasteiger partial charge in [0.2, 0.25) is 0 Å². The van der Waals surface area contributed by atoms with Gasteiger partial charge in [0.05, 0.1) is 21.8 Å². The number of ether oxygens (including phenoxy) is 1. The van der Waals surface area contributed by atoms with Crippen LogP contribution >= 0.6 is 11.3 Å². The number of hydrogen-bond acceptors (Lipinski definition) is 4. The van der Waals surface area contributed by atoms with Crippen molar-refractivity contribution >= 4 is 21.6 Å². The van der Waals surface area contributed by atoms with Crippen molar-refractivity contribution in [2.75, 3.05) is 19.8 Å². The predicted octanol–water partition coefficient (Wildman–Crippen LogP) is 3.63. The van der Waals surface area contributed by atoms with E-state index in [1.54, 1.807) is 0 Å². The molecule has 1 N–H and O–H groups in total. The molecule has 1 unspecified atom stereocenters. The summed E-state index contributed by atoms with van der Waals surface area (Å²) in [6.07, 6.45) is 2.13. The average Bonchev–Trinajstić information content (AvgIpc) is 3.02. The first-order chi connectivity index (χ1) is 9.96. The summed E-state index contributed by atoms with van der Waals surface area (Å²) in [6.45, 7) is 9.35. The molecule has 0 saturated carbocycles. The van der Waals surface area contributed by atoms with Crippen molar-refractivity contribution in [2.45, 2.75) is 39.2 Å². The third kappa shape index (κ3) is 3.62. The average molecular weight is 304 g/mol. The maximum Gasteiger partial charge on any atom is 0.0945 e. The van der Waals surface area contributed by atoms with Crippen molar-refractivity contribution in [3.05, 3.63) is 29.3 Å². The molecule has 2 heterocycles. The van der Waals surface area contributed by atoms with Gasteiger partial charge in [0.15, 0.2) is 0 Å². The number of fused-ring (bicyclic) bond motifs is 1. The van der Waals surface area contributed by atoms with Gasteiger partial charge in [-0.25, -0.2) is 4.98 Å². The first-order valence-corrected chi connectivity index (χ1v) is 8.45. The summed E-state index contributed by atoms with van der Waals surface area (Å²) in [5, 5.41) is 4.89. The smallest absolute Gasteiger partial charge is 0.0945 e. The molecule has 0 radical (unpaired) electrons. The molecule has 3 nitrogen and oxygen atoms in total. The van der Waals surface area contributed by atoms with E-state index in [9.17, 15) is 0 Å². The molecular formula is C17H24N2OS. The topological polar surface area (TPSA) is 34.2 Å². The number of benzene rings is 1. The molecule has 1 aliphatic heterocycles. The minimum Gasteiger partial charge on any atom is -0.381 e. The molecule has 1 fully saturated rings. The Morgan fingerprint density at radius 1 is 1.33 bits per heavy atom. The first kappa shape index (κ1) is 14.9. The fourth-order valence-electron chi connectivity index (χ4n) is 2.76. The molecule has 1 saturated heterocycles. The summed E-state index contributed by atoms with van der Waals surface area (Å²) >= 11 is 1.82. The molecule has 1 aromatic heterocycles. The third-order valence-electron chi connectivity index (χ3n) is 4.04. The van der Waals surface area contributed by atoms with Crippen LogP contribution in [0.25, 0.3) is 10.2 Å². The van der Waals surface area contributed by atoms with Crippen LogP contribution in [0.15, 0.2) is 24.3 Å². The Morgan fingerprint density at radius 3 is 2.81 bits per heavy atom. The van der Waals surface area contributed by atoms with Gasteiger partial charge in [0, 0.05) is 30.5 Å². The maximum absolute atomic E-state index is 5.71. The van der Waals surface area contributed by atoms with E-state index in [0.717, 1.165) is 38.1 Å². The second-order valence-corrected chi connectivity index (χ2v) is 8.27. The molecule has 114 valence electrons. The summed E-state index contributed by atoms with van der Waals surface area (Å²) in [6, 6.07) is 8.39. The molecule has 0 amide bonds. The first-order valence-electron chi connectivity index (χ1n) is 7.63.